The third-order valence-electron chi connectivity index (χ3n) is 4.93. The Morgan fingerprint density at radius 1 is 1.32 bits per heavy atom. The number of aliphatic imine (C=N–C) groups is 1. The van der Waals surface area contributed by atoms with Crippen LogP contribution in [0.1, 0.15) is 23.6 Å². The van der Waals surface area contributed by atoms with Crippen LogP contribution in [0.15, 0.2) is 41.5 Å². The van der Waals surface area contributed by atoms with Gasteiger partial charge in [-0.05, 0) is 24.1 Å². The lowest BCUT2D eigenvalue weighted by atomic mass is 10.1. The van der Waals surface area contributed by atoms with Crippen LogP contribution in [-0.2, 0) is 30.9 Å². The lowest BCUT2D eigenvalue weighted by molar-refractivity contribution is 0.177. The smallest absolute Gasteiger partial charge is 0.191 e. The molecular formula is C20H25N7O. The Morgan fingerprint density at radius 3 is 3.07 bits per heavy atom. The molecule has 1 atom stereocenters. The molecule has 0 aliphatic carbocycles. The van der Waals surface area contributed by atoms with E-state index >= 15 is 0 Å². The van der Waals surface area contributed by atoms with Gasteiger partial charge in [-0.1, -0.05) is 18.2 Å². The molecule has 0 saturated carbocycles. The minimum Gasteiger partial charge on any atom is -0.377 e. The van der Waals surface area contributed by atoms with Gasteiger partial charge in [-0.2, -0.15) is 5.10 Å². The van der Waals surface area contributed by atoms with E-state index in [9.17, 15) is 0 Å². The third kappa shape index (κ3) is 3.96. The second-order valence-corrected chi connectivity index (χ2v) is 6.85. The minimum atomic E-state index is 0.255. The Bertz CT molecular complexity index is 976. The molecule has 1 unspecified atom stereocenters. The summed E-state index contributed by atoms with van der Waals surface area (Å²) in [4.78, 5) is 13.3. The van der Waals surface area contributed by atoms with Crippen LogP contribution in [0.25, 0.3) is 10.9 Å². The number of nitrogens with zero attached hydrogens (tertiary/aromatic N) is 5. The molecule has 1 aliphatic heterocycles. The van der Waals surface area contributed by atoms with Crippen LogP contribution in [0.2, 0.25) is 0 Å². The number of fused-ring (bicyclic) bond motifs is 2. The van der Waals surface area contributed by atoms with Crippen molar-refractivity contribution < 1.29 is 4.74 Å². The van der Waals surface area contributed by atoms with Crippen LogP contribution < -0.4 is 10.6 Å². The van der Waals surface area contributed by atoms with E-state index in [0.29, 0.717) is 13.2 Å². The number of nitrogens with one attached hydrogen (secondary N) is 2. The average molecular weight is 379 g/mol. The number of ether oxygens (including phenoxy) is 1. The van der Waals surface area contributed by atoms with Crippen molar-refractivity contribution in [2.45, 2.75) is 38.6 Å². The van der Waals surface area contributed by atoms with Crippen molar-refractivity contribution in [1.82, 2.24) is 30.4 Å². The summed E-state index contributed by atoms with van der Waals surface area (Å²) < 4.78 is 7.10. The first-order valence-electron chi connectivity index (χ1n) is 9.48. The standard InChI is InChI=1S/C20H25N7O/c1-21-20(23-11-14-9-10-22-17-6-4-3-5-16(14)17)24-15-7-8-19-25-18(13-28-2)26-27(19)12-15/h3-6,9-10,15H,7-8,11-13H2,1-2H3,(H2,21,23,24). The number of hydrogen-bond acceptors (Lipinski definition) is 5. The number of hydrogen-bond donors (Lipinski definition) is 2. The summed E-state index contributed by atoms with van der Waals surface area (Å²) in [6.45, 7) is 1.90. The maximum atomic E-state index is 5.13. The summed E-state index contributed by atoms with van der Waals surface area (Å²) in [6.07, 6.45) is 3.73. The van der Waals surface area contributed by atoms with Gasteiger partial charge in [-0.15, -0.1) is 0 Å². The van der Waals surface area contributed by atoms with E-state index in [2.05, 4.69) is 36.8 Å². The third-order valence-corrected chi connectivity index (χ3v) is 4.93. The molecule has 3 aromatic rings. The van der Waals surface area contributed by atoms with Gasteiger partial charge in [0.25, 0.3) is 0 Å². The van der Waals surface area contributed by atoms with E-state index in [1.165, 1.54) is 5.56 Å². The zero-order valence-electron chi connectivity index (χ0n) is 16.2. The van der Waals surface area contributed by atoms with E-state index in [0.717, 1.165) is 47.9 Å². The van der Waals surface area contributed by atoms with Gasteiger partial charge in [0.2, 0.25) is 0 Å². The number of para-hydroxylation sites is 1. The van der Waals surface area contributed by atoms with Crippen molar-refractivity contribution in [3.63, 3.8) is 0 Å². The number of guanidine groups is 1. The molecule has 0 amide bonds. The number of rotatable bonds is 5. The molecule has 2 N–H and O–H groups in total. The fourth-order valence-corrected chi connectivity index (χ4v) is 3.54. The summed E-state index contributed by atoms with van der Waals surface area (Å²) in [7, 11) is 3.45. The number of benzene rings is 1. The van der Waals surface area contributed by atoms with E-state index < -0.39 is 0 Å². The van der Waals surface area contributed by atoms with E-state index in [1.807, 2.05) is 35.1 Å². The second-order valence-electron chi connectivity index (χ2n) is 6.85. The first kappa shape index (κ1) is 18.4. The molecule has 146 valence electrons. The van der Waals surface area contributed by atoms with E-state index in [-0.39, 0.29) is 6.04 Å². The molecule has 0 bridgehead atoms. The quantitative estimate of drug-likeness (QED) is 0.518. The lowest BCUT2D eigenvalue weighted by Crippen LogP contribution is -2.46. The second kappa shape index (κ2) is 8.35. The van der Waals surface area contributed by atoms with Gasteiger partial charge in [0, 0.05) is 44.7 Å². The SMILES string of the molecule is CN=C(NCc1ccnc2ccccc12)NC1CCc2nc(COC)nn2C1. The van der Waals surface area contributed by atoms with Crippen molar-refractivity contribution in [1.29, 1.82) is 0 Å². The summed E-state index contributed by atoms with van der Waals surface area (Å²) >= 11 is 0. The highest BCUT2D eigenvalue weighted by Crippen LogP contribution is 2.16. The molecule has 8 nitrogen and oxygen atoms in total. The molecule has 1 aliphatic rings. The molecule has 8 heteroatoms. The molecule has 0 radical (unpaired) electrons. The van der Waals surface area contributed by atoms with Gasteiger partial charge in [0.05, 0.1) is 12.1 Å². The topological polar surface area (TPSA) is 89.2 Å². The zero-order chi connectivity index (χ0) is 19.3. The maximum absolute atomic E-state index is 5.13. The number of aryl methyl sites for hydroxylation is 1. The molecule has 4 rings (SSSR count). The Kier molecular flexibility index (Phi) is 5.48. The summed E-state index contributed by atoms with van der Waals surface area (Å²) in [5.41, 5.74) is 2.20. The highest BCUT2D eigenvalue weighted by atomic mass is 16.5. The molecule has 1 aromatic carbocycles. The lowest BCUT2D eigenvalue weighted by Gasteiger charge is -2.25. The minimum absolute atomic E-state index is 0.255. The number of aromatic nitrogens is 4. The van der Waals surface area contributed by atoms with Gasteiger partial charge >= 0.3 is 0 Å². The molecule has 2 aromatic heterocycles. The first-order valence-corrected chi connectivity index (χ1v) is 9.48. The van der Waals surface area contributed by atoms with Gasteiger partial charge < -0.3 is 15.4 Å². The highest BCUT2D eigenvalue weighted by Gasteiger charge is 2.22. The van der Waals surface area contributed by atoms with Gasteiger partial charge in [-0.25, -0.2) is 9.67 Å². The van der Waals surface area contributed by atoms with Gasteiger partial charge in [0.1, 0.15) is 12.4 Å². The summed E-state index contributed by atoms with van der Waals surface area (Å²) in [5, 5.41) is 12.6. The predicted octanol–water partition coefficient (Wildman–Crippen LogP) is 1.65. The van der Waals surface area contributed by atoms with Crippen LogP contribution in [0, 0.1) is 0 Å². The number of pyridine rings is 1. The Labute approximate surface area is 164 Å². The average Bonchev–Trinajstić information content (AvgIpc) is 3.13. The Morgan fingerprint density at radius 2 is 2.21 bits per heavy atom. The van der Waals surface area contributed by atoms with Crippen LogP contribution >= 0.6 is 0 Å². The zero-order valence-corrected chi connectivity index (χ0v) is 16.2. The molecule has 0 fully saturated rings. The first-order chi connectivity index (χ1) is 13.8. The van der Waals surface area contributed by atoms with E-state index in [4.69, 9.17) is 4.74 Å². The Hall–Kier alpha value is -3.00. The number of methoxy groups -OCH3 is 1. The molecular weight excluding hydrogens is 354 g/mol. The molecule has 28 heavy (non-hydrogen) atoms. The Balaban J connectivity index is 1.38. The van der Waals surface area contributed by atoms with Crippen LogP contribution in [-0.4, -0.2) is 45.9 Å². The molecule has 0 spiro atoms. The van der Waals surface area contributed by atoms with Crippen LogP contribution in [0.5, 0.6) is 0 Å². The van der Waals surface area contributed by atoms with Crippen molar-refractivity contribution in [2.24, 2.45) is 4.99 Å². The summed E-state index contributed by atoms with van der Waals surface area (Å²) in [5.74, 6) is 2.55. The van der Waals surface area contributed by atoms with Crippen LogP contribution in [0.3, 0.4) is 0 Å². The molecule has 0 saturated heterocycles. The fraction of sp³-hybridized carbons (Fsp3) is 0.400. The normalized spacial score (nSPS) is 16.8. The van der Waals surface area contributed by atoms with Gasteiger partial charge in [0.15, 0.2) is 11.8 Å². The van der Waals surface area contributed by atoms with E-state index in [1.54, 1.807) is 14.2 Å². The predicted molar refractivity (Wildman–Crippen MR) is 108 cm³/mol. The monoisotopic (exact) mass is 379 g/mol. The van der Waals surface area contributed by atoms with Crippen molar-refractivity contribution >= 4 is 16.9 Å². The van der Waals surface area contributed by atoms with Crippen molar-refractivity contribution in [3.8, 4) is 0 Å². The van der Waals surface area contributed by atoms with Crippen molar-refractivity contribution in [2.75, 3.05) is 14.2 Å². The van der Waals surface area contributed by atoms with Crippen molar-refractivity contribution in [3.05, 3.63) is 53.7 Å². The largest absolute Gasteiger partial charge is 0.377 e. The van der Waals surface area contributed by atoms with Crippen LogP contribution in [0.4, 0.5) is 0 Å². The fourth-order valence-electron chi connectivity index (χ4n) is 3.54. The van der Waals surface area contributed by atoms with Gasteiger partial charge in [-0.3, -0.25) is 9.98 Å². The highest BCUT2D eigenvalue weighted by molar-refractivity contribution is 5.83. The summed E-state index contributed by atoms with van der Waals surface area (Å²) in [6, 6.07) is 10.5. The molecule has 3 heterocycles. The maximum Gasteiger partial charge on any atom is 0.191 e.